The highest BCUT2D eigenvalue weighted by molar-refractivity contribution is 7.00. The Labute approximate surface area is 636 Å². The number of hydrogen-bond donors (Lipinski definition) is 0. The Morgan fingerprint density at radius 1 is 0.226 bits per heavy atom. The van der Waals surface area contributed by atoms with Crippen molar-refractivity contribution in [2.75, 3.05) is 9.80 Å². The number of benzene rings is 12. The molecule has 0 unspecified atom stereocenters. The summed E-state index contributed by atoms with van der Waals surface area (Å²) in [6, 6.07) is 100. The Balaban J connectivity index is 0.737. The Bertz CT molecular complexity index is 4880. The lowest BCUT2D eigenvalue weighted by molar-refractivity contribution is 0.401. The van der Waals surface area contributed by atoms with Crippen molar-refractivity contribution in [3.05, 3.63) is 289 Å². The van der Waals surface area contributed by atoms with Crippen LogP contribution in [0.15, 0.2) is 267 Å². The van der Waals surface area contributed by atoms with Gasteiger partial charge in [-0.15, -0.1) is 0 Å². The molecule has 530 valence electrons. The maximum Gasteiger partial charge on any atom is 0.113 e. The molecule has 0 aliphatic heterocycles. The lowest BCUT2D eigenvalue weighted by Gasteiger charge is -2.33. The van der Waals surface area contributed by atoms with Gasteiger partial charge >= 0.3 is 0 Å². The first kappa shape index (κ1) is 70.2. The fraction of sp³-hybridized carbons (Fsp3) is 0.265. The molecule has 106 heavy (non-hydrogen) atoms. The van der Waals surface area contributed by atoms with Crippen molar-refractivity contribution in [3.8, 4) is 77.9 Å². The lowest BCUT2D eigenvalue weighted by atomic mass is 9.70. The van der Waals surface area contributed by atoms with Crippen LogP contribution in [0.5, 0.6) is 0 Å². The summed E-state index contributed by atoms with van der Waals surface area (Å²) in [4.78, 5) is 4.69. The lowest BCUT2D eigenvalue weighted by Crippen LogP contribution is -2.25. The average molecular weight is 1420 g/mol. The van der Waals surface area contributed by atoms with Gasteiger partial charge < -0.3 is 9.80 Å². The van der Waals surface area contributed by atoms with Crippen molar-refractivity contribution in [1.82, 2.24) is 17.5 Å². The van der Waals surface area contributed by atoms with E-state index in [1.165, 1.54) is 204 Å². The third-order valence-corrected chi connectivity index (χ3v) is 24.3. The van der Waals surface area contributed by atoms with Gasteiger partial charge in [-0.25, -0.2) is 0 Å². The van der Waals surface area contributed by atoms with Gasteiger partial charge in [0, 0.05) is 67.2 Å². The second-order valence-corrected chi connectivity index (χ2v) is 30.9. The molecule has 2 aromatic heterocycles. The van der Waals surface area contributed by atoms with Gasteiger partial charge in [0.2, 0.25) is 0 Å². The van der Waals surface area contributed by atoms with E-state index in [-0.39, 0.29) is 10.8 Å². The quantitative estimate of drug-likeness (QED) is 0.0404. The van der Waals surface area contributed by atoms with Crippen molar-refractivity contribution in [1.29, 1.82) is 0 Å². The highest BCUT2D eigenvalue weighted by Crippen LogP contribution is 2.59. The number of aromatic nitrogens is 4. The van der Waals surface area contributed by atoms with E-state index in [4.69, 9.17) is 17.5 Å². The molecule has 6 nitrogen and oxygen atoms in total. The summed E-state index contributed by atoms with van der Waals surface area (Å²) in [5.41, 5.74) is 33.3. The maximum absolute atomic E-state index is 5.16. The summed E-state index contributed by atoms with van der Waals surface area (Å²) >= 11 is 2.60. The molecule has 0 amide bonds. The van der Waals surface area contributed by atoms with Gasteiger partial charge in [0.05, 0.1) is 23.5 Å². The van der Waals surface area contributed by atoms with E-state index in [9.17, 15) is 0 Å². The third-order valence-electron chi connectivity index (χ3n) is 23.3. The van der Waals surface area contributed by atoms with Gasteiger partial charge in [0.15, 0.2) is 0 Å². The van der Waals surface area contributed by atoms with Crippen molar-refractivity contribution in [2.24, 2.45) is 0 Å². The number of unbranched alkanes of at least 4 members (excludes halogenated alkanes) is 12. The number of fused-ring (bicyclic) bond motifs is 8. The van der Waals surface area contributed by atoms with Crippen LogP contribution in [-0.2, 0) is 10.8 Å². The minimum absolute atomic E-state index is 0.0932. The molecule has 2 heterocycles. The van der Waals surface area contributed by atoms with Crippen molar-refractivity contribution in [2.45, 2.75) is 167 Å². The summed E-state index contributed by atoms with van der Waals surface area (Å²) in [6.07, 6.45) is 24.3. The highest BCUT2D eigenvalue weighted by atomic mass is 32.1. The van der Waals surface area contributed by atoms with Gasteiger partial charge in [0.1, 0.15) is 22.1 Å². The van der Waals surface area contributed by atoms with Crippen LogP contribution < -0.4 is 9.80 Å². The number of nitrogens with zero attached hydrogens (tertiary/aromatic N) is 6. The van der Waals surface area contributed by atoms with E-state index in [0.29, 0.717) is 0 Å². The molecule has 12 aromatic carbocycles. The van der Waals surface area contributed by atoms with Crippen LogP contribution in [-0.4, -0.2) is 17.5 Å². The summed E-state index contributed by atoms with van der Waals surface area (Å²) in [6.45, 7) is 9.32. The van der Waals surface area contributed by atoms with Crippen LogP contribution >= 0.6 is 23.5 Å². The van der Waals surface area contributed by atoms with E-state index in [0.717, 1.165) is 104 Å². The average Bonchev–Trinajstić information content (AvgIpc) is 1.57. The van der Waals surface area contributed by atoms with E-state index < -0.39 is 0 Å². The van der Waals surface area contributed by atoms with Crippen LogP contribution in [0, 0.1) is 0 Å². The first-order valence-corrected chi connectivity index (χ1v) is 41.0. The number of anilines is 6. The molecule has 0 bridgehead atoms. The first-order valence-electron chi connectivity index (χ1n) is 39.5. The fourth-order valence-corrected chi connectivity index (χ4v) is 19.0. The Kier molecular flexibility index (Phi) is 21.1. The van der Waals surface area contributed by atoms with Gasteiger partial charge in [-0.1, -0.05) is 300 Å². The molecule has 8 heteroatoms. The summed E-state index contributed by atoms with van der Waals surface area (Å²) in [5.74, 6) is 0. The Morgan fingerprint density at radius 2 is 0.500 bits per heavy atom. The van der Waals surface area contributed by atoms with E-state index >= 15 is 0 Å². The van der Waals surface area contributed by atoms with Crippen molar-refractivity contribution < 1.29 is 0 Å². The van der Waals surface area contributed by atoms with Gasteiger partial charge in [-0.05, 0) is 201 Å². The normalized spacial score (nSPS) is 13.1. The second-order valence-electron chi connectivity index (χ2n) is 29.8. The molecule has 0 spiro atoms. The van der Waals surface area contributed by atoms with Crippen LogP contribution in [0.2, 0.25) is 0 Å². The monoisotopic (exact) mass is 1420 g/mol. The first-order chi connectivity index (χ1) is 52.4. The Morgan fingerprint density at radius 3 is 0.821 bits per heavy atom. The summed E-state index contributed by atoms with van der Waals surface area (Å²) in [7, 11) is 0. The van der Waals surface area contributed by atoms with Crippen LogP contribution in [0.25, 0.3) is 100.0 Å². The SMILES string of the molecule is CCCCCCC1(CCCCCC)c2ccc(-c3ccc(-c4ccc(-c5ccc6c(c5)-c5ccc(-c7ccc(N(c8ccccc8)c8ccccc8)cc7)cc5C6(CCCCCC)CCCCCC)c5nsnc45)c4nsnc34)cc2-c2ccc(-c3ccc(N(c4ccccc4)c4ccccc4)cc3)cc21. The molecule has 14 aromatic rings. The molecular weight excluding hydrogens is 1330 g/mol. The van der Waals surface area contributed by atoms with E-state index in [1.807, 2.05) is 0 Å². The minimum atomic E-state index is -0.0932. The van der Waals surface area contributed by atoms with Crippen molar-refractivity contribution >= 4 is 79.6 Å². The number of para-hydroxylation sites is 4. The van der Waals surface area contributed by atoms with Gasteiger partial charge in [-0.2, -0.15) is 17.5 Å². The second kappa shape index (κ2) is 31.9. The third kappa shape index (κ3) is 13.6. The van der Waals surface area contributed by atoms with Gasteiger partial charge in [-0.3, -0.25) is 0 Å². The molecule has 0 N–H and O–H groups in total. The number of rotatable bonds is 31. The molecule has 16 rings (SSSR count). The predicted octanol–water partition coefficient (Wildman–Crippen LogP) is 29.4. The molecule has 2 aliphatic carbocycles. The highest BCUT2D eigenvalue weighted by Gasteiger charge is 2.44. The largest absolute Gasteiger partial charge is 0.311 e. The molecule has 0 saturated heterocycles. The van der Waals surface area contributed by atoms with Gasteiger partial charge in [0.25, 0.3) is 0 Å². The molecular formula is C98H96N6S2. The van der Waals surface area contributed by atoms with E-state index in [1.54, 1.807) is 0 Å². The zero-order chi connectivity index (χ0) is 71.8. The van der Waals surface area contributed by atoms with Crippen LogP contribution in [0.4, 0.5) is 34.1 Å². The molecule has 0 fully saturated rings. The molecule has 0 saturated carbocycles. The molecule has 0 atom stereocenters. The zero-order valence-electron chi connectivity index (χ0n) is 62.0. The number of hydrogen-bond acceptors (Lipinski definition) is 8. The molecule has 0 radical (unpaired) electrons. The topological polar surface area (TPSA) is 58.0 Å². The Hall–Kier alpha value is -10.1. The van der Waals surface area contributed by atoms with Crippen LogP contribution in [0.3, 0.4) is 0 Å². The maximum atomic E-state index is 5.16. The van der Waals surface area contributed by atoms with E-state index in [2.05, 4.69) is 304 Å². The molecule has 2 aliphatic rings. The van der Waals surface area contributed by atoms with Crippen molar-refractivity contribution in [3.63, 3.8) is 0 Å². The standard InChI is InChI=1S/C98H96N6S2/c1-5-9-13-29-61-97(62-30-14-10-6-2)89-59-47-73(65-87(89)83-53-45-71(67-91(83)97)69-41-49-79(50-42-69)103(75-33-21-17-22-34-75)76-35-23-18-24-36-76)81-55-57-85(95-93(81)99-105-101-95)86-58-56-82(94-96(86)102-106-100-94)74-48-60-90-88(66-74)84-54-46-72(68-92(84)98(90,63-31-15-11-7-3)64-32-16-12-8-4)70-43-51-80(52-44-70)104(77-37-25-19-26-38-77)78-39-27-20-28-40-78/h17-28,33-60,65-68H,5-16,29-32,61-64H2,1-4H3. The summed E-state index contributed by atoms with van der Waals surface area (Å²) in [5, 5.41) is 0. The summed E-state index contributed by atoms with van der Waals surface area (Å²) < 4.78 is 20.6. The van der Waals surface area contributed by atoms with Crippen LogP contribution in [0.1, 0.15) is 178 Å². The zero-order valence-corrected chi connectivity index (χ0v) is 63.7. The minimum Gasteiger partial charge on any atom is -0.311 e. The fourth-order valence-electron chi connectivity index (χ4n) is 17.9. The predicted molar refractivity (Wildman–Crippen MR) is 452 cm³/mol. The smallest absolute Gasteiger partial charge is 0.113 e.